The first-order valence-electron chi connectivity index (χ1n) is 5.87. The third-order valence-electron chi connectivity index (χ3n) is 2.63. The van der Waals surface area contributed by atoms with Gasteiger partial charge in [-0.15, -0.1) is 0 Å². The maximum atomic E-state index is 5.90. The van der Waals surface area contributed by atoms with Crippen LogP contribution in [0.15, 0.2) is 36.4 Å². The topological polar surface area (TPSA) is 9.23 Å². The lowest BCUT2D eigenvalue weighted by atomic mass is 10.1. The smallest absolute Gasteiger partial charge is 0.127 e. The fourth-order valence-corrected chi connectivity index (χ4v) is 2.12. The fraction of sp³-hybridized carbons (Fsp3) is 0.250. The van der Waals surface area contributed by atoms with E-state index in [0.717, 1.165) is 11.5 Å². The second-order valence-corrected chi connectivity index (χ2v) is 4.75. The Balaban J connectivity index is 0.00000162. The Morgan fingerprint density at radius 3 is 1.11 bits per heavy atom. The molecule has 0 aliphatic heterocycles. The molecule has 2 heteroatoms. The highest BCUT2D eigenvalue weighted by Crippen LogP contribution is 2.25. The van der Waals surface area contributed by atoms with Crippen molar-refractivity contribution in [3.8, 4) is 11.5 Å². The van der Waals surface area contributed by atoms with Crippen molar-refractivity contribution < 1.29 is 4.74 Å². The molecule has 0 saturated carbocycles. The van der Waals surface area contributed by atoms with Crippen molar-refractivity contribution in [1.82, 2.24) is 0 Å². The molecular weight excluding hydrogens is 239 g/mol. The Kier molecular flexibility index (Phi) is 4.93. The van der Waals surface area contributed by atoms with Crippen LogP contribution in [0.4, 0.5) is 0 Å². The zero-order valence-corrected chi connectivity index (χ0v) is 12.2. The highest BCUT2D eigenvalue weighted by atomic mass is 31.0. The van der Waals surface area contributed by atoms with E-state index in [2.05, 4.69) is 64.1 Å². The molecule has 0 amide bonds. The molecule has 0 unspecified atom stereocenters. The van der Waals surface area contributed by atoms with Crippen LogP contribution in [0.5, 0.6) is 11.5 Å². The molecule has 2 rings (SSSR count). The minimum Gasteiger partial charge on any atom is -0.457 e. The average molecular weight is 257 g/mol. The molecule has 0 spiro atoms. The standard InChI is InChI=1S/C16H18O.P/c1-11-5-12(2)8-15(7-11)17-16-9-13(3)6-14(4)10-16;/h5-10H,1-4H3;. The van der Waals surface area contributed by atoms with E-state index < -0.39 is 0 Å². The van der Waals surface area contributed by atoms with Gasteiger partial charge in [0.05, 0.1) is 0 Å². The summed E-state index contributed by atoms with van der Waals surface area (Å²) in [5, 5.41) is 0. The van der Waals surface area contributed by atoms with E-state index in [9.17, 15) is 0 Å². The van der Waals surface area contributed by atoms with Crippen LogP contribution < -0.4 is 4.74 Å². The maximum absolute atomic E-state index is 5.90. The molecule has 0 atom stereocenters. The van der Waals surface area contributed by atoms with Crippen LogP contribution in [0.25, 0.3) is 0 Å². The predicted octanol–water partition coefficient (Wildman–Crippen LogP) is 5.57. The maximum Gasteiger partial charge on any atom is 0.127 e. The first-order valence-corrected chi connectivity index (χ1v) is 5.87. The summed E-state index contributed by atoms with van der Waals surface area (Å²) in [6, 6.07) is 12.5. The van der Waals surface area contributed by atoms with E-state index in [0.29, 0.717) is 0 Å². The second kappa shape index (κ2) is 6.02. The highest BCUT2D eigenvalue weighted by Gasteiger charge is 2.01. The van der Waals surface area contributed by atoms with Crippen molar-refractivity contribution in [2.45, 2.75) is 27.7 Å². The summed E-state index contributed by atoms with van der Waals surface area (Å²) in [6.45, 7) is 8.34. The molecular formula is C16H18OP. The molecule has 0 fully saturated rings. The van der Waals surface area contributed by atoms with Crippen LogP contribution in [0.1, 0.15) is 22.3 Å². The minimum atomic E-state index is 0. The highest BCUT2D eigenvalue weighted by molar-refractivity contribution is 6.92. The lowest BCUT2D eigenvalue weighted by molar-refractivity contribution is 0.481. The Morgan fingerprint density at radius 1 is 0.556 bits per heavy atom. The van der Waals surface area contributed by atoms with Crippen molar-refractivity contribution in [2.75, 3.05) is 0 Å². The number of rotatable bonds is 2. The van der Waals surface area contributed by atoms with E-state index >= 15 is 0 Å². The third-order valence-corrected chi connectivity index (χ3v) is 2.63. The zero-order valence-electron chi connectivity index (χ0n) is 11.3. The van der Waals surface area contributed by atoms with Gasteiger partial charge in [-0.2, -0.15) is 0 Å². The summed E-state index contributed by atoms with van der Waals surface area (Å²) in [5.74, 6) is 1.82. The van der Waals surface area contributed by atoms with Gasteiger partial charge in [0.1, 0.15) is 11.5 Å². The molecule has 18 heavy (non-hydrogen) atoms. The van der Waals surface area contributed by atoms with Crippen molar-refractivity contribution in [2.24, 2.45) is 0 Å². The van der Waals surface area contributed by atoms with Crippen molar-refractivity contribution in [3.05, 3.63) is 58.7 Å². The van der Waals surface area contributed by atoms with E-state index in [1.54, 1.807) is 0 Å². The number of benzene rings is 2. The van der Waals surface area contributed by atoms with Crippen LogP contribution in [-0.2, 0) is 0 Å². The molecule has 0 aliphatic carbocycles. The molecule has 3 radical (unpaired) electrons. The number of hydrogen-bond donors (Lipinski definition) is 0. The third kappa shape index (κ3) is 3.85. The summed E-state index contributed by atoms with van der Waals surface area (Å²) in [6.07, 6.45) is 0. The average Bonchev–Trinajstić information content (AvgIpc) is 2.13. The number of hydrogen-bond acceptors (Lipinski definition) is 1. The largest absolute Gasteiger partial charge is 0.457 e. The van der Waals surface area contributed by atoms with Gasteiger partial charge in [0.15, 0.2) is 0 Å². The van der Waals surface area contributed by atoms with Crippen LogP contribution in [0.2, 0.25) is 0 Å². The Labute approximate surface area is 113 Å². The summed E-state index contributed by atoms with van der Waals surface area (Å²) in [4.78, 5) is 0. The Hall–Kier alpha value is -1.33. The van der Waals surface area contributed by atoms with E-state index in [4.69, 9.17) is 4.74 Å². The molecule has 93 valence electrons. The number of aryl methyl sites for hydroxylation is 4. The van der Waals surface area contributed by atoms with Gasteiger partial charge in [0, 0.05) is 9.90 Å². The van der Waals surface area contributed by atoms with Gasteiger partial charge in [-0.25, -0.2) is 0 Å². The first kappa shape index (κ1) is 14.7. The summed E-state index contributed by atoms with van der Waals surface area (Å²) in [7, 11) is 0. The minimum absolute atomic E-state index is 0. The molecule has 2 aromatic carbocycles. The predicted molar refractivity (Wildman–Crippen MR) is 78.8 cm³/mol. The van der Waals surface area contributed by atoms with Gasteiger partial charge in [0.2, 0.25) is 0 Å². The molecule has 0 heterocycles. The van der Waals surface area contributed by atoms with Gasteiger partial charge in [0.25, 0.3) is 0 Å². The molecule has 1 nitrogen and oxygen atoms in total. The molecule has 0 saturated heterocycles. The van der Waals surface area contributed by atoms with E-state index in [1.807, 2.05) is 0 Å². The lowest BCUT2D eigenvalue weighted by Crippen LogP contribution is -1.88. The second-order valence-electron chi connectivity index (χ2n) is 4.75. The lowest BCUT2D eigenvalue weighted by Gasteiger charge is -2.09. The normalized spacial score (nSPS) is 9.78. The quantitative estimate of drug-likeness (QED) is 0.639. The number of ether oxygens (including phenoxy) is 1. The van der Waals surface area contributed by atoms with Gasteiger partial charge in [-0.3, -0.25) is 0 Å². The van der Waals surface area contributed by atoms with Gasteiger partial charge in [-0.05, 0) is 74.2 Å². The van der Waals surface area contributed by atoms with E-state index in [1.165, 1.54) is 22.3 Å². The molecule has 2 aromatic rings. The van der Waals surface area contributed by atoms with Crippen molar-refractivity contribution >= 4 is 9.90 Å². The Bertz CT molecular complexity index is 457. The van der Waals surface area contributed by atoms with Crippen molar-refractivity contribution in [3.63, 3.8) is 0 Å². The molecule has 0 aromatic heterocycles. The van der Waals surface area contributed by atoms with Crippen LogP contribution in [0.3, 0.4) is 0 Å². The summed E-state index contributed by atoms with van der Waals surface area (Å²) >= 11 is 0. The SMILES string of the molecule is Cc1cc(C)cc(Oc2cc(C)cc(C)c2)c1.[P]. The van der Waals surface area contributed by atoms with Crippen LogP contribution in [0, 0.1) is 27.7 Å². The monoisotopic (exact) mass is 257 g/mol. The first-order chi connectivity index (χ1) is 8.02. The zero-order chi connectivity index (χ0) is 12.4. The van der Waals surface area contributed by atoms with Gasteiger partial charge < -0.3 is 4.74 Å². The molecule has 0 aliphatic rings. The van der Waals surface area contributed by atoms with E-state index in [-0.39, 0.29) is 9.90 Å². The fourth-order valence-electron chi connectivity index (χ4n) is 2.12. The van der Waals surface area contributed by atoms with Gasteiger partial charge >= 0.3 is 0 Å². The Morgan fingerprint density at radius 2 is 0.833 bits per heavy atom. The molecule has 0 bridgehead atoms. The van der Waals surface area contributed by atoms with Crippen LogP contribution >= 0.6 is 9.90 Å². The van der Waals surface area contributed by atoms with Crippen molar-refractivity contribution in [1.29, 1.82) is 0 Å². The summed E-state index contributed by atoms with van der Waals surface area (Å²) in [5.41, 5.74) is 4.91. The summed E-state index contributed by atoms with van der Waals surface area (Å²) < 4.78 is 5.90. The van der Waals surface area contributed by atoms with Crippen LogP contribution in [-0.4, -0.2) is 0 Å². The van der Waals surface area contributed by atoms with Gasteiger partial charge in [-0.1, -0.05) is 12.1 Å². The molecule has 0 N–H and O–H groups in total.